The molecule has 1 saturated heterocycles. The van der Waals surface area contributed by atoms with E-state index < -0.39 is 18.1 Å². The van der Waals surface area contributed by atoms with E-state index in [0.29, 0.717) is 25.9 Å². The molecule has 2 aliphatic rings. The number of carbonyl (C=O) groups is 1. The highest BCUT2D eigenvalue weighted by atomic mass is 19.4. The number of methoxy groups -OCH3 is 1. The zero-order chi connectivity index (χ0) is 19.7. The highest BCUT2D eigenvalue weighted by Crippen LogP contribution is 2.50. The lowest BCUT2D eigenvalue weighted by Gasteiger charge is -2.32. The Kier molecular flexibility index (Phi) is 5.70. The third-order valence-corrected chi connectivity index (χ3v) is 5.66. The van der Waals surface area contributed by atoms with Gasteiger partial charge in [-0.15, -0.1) is 0 Å². The van der Waals surface area contributed by atoms with E-state index in [9.17, 15) is 18.0 Å². The summed E-state index contributed by atoms with van der Waals surface area (Å²) < 4.78 is 48.3. The van der Waals surface area contributed by atoms with E-state index in [1.807, 2.05) is 25.1 Å². The Morgan fingerprint density at radius 3 is 2.48 bits per heavy atom. The summed E-state index contributed by atoms with van der Waals surface area (Å²) in [6.45, 7) is 2.15. The fourth-order valence-electron chi connectivity index (χ4n) is 3.75. The molecule has 27 heavy (non-hydrogen) atoms. The number of esters is 1. The molecule has 3 rings (SSSR count). The van der Waals surface area contributed by atoms with E-state index in [1.165, 1.54) is 4.90 Å². The molecule has 1 aromatic carbocycles. The number of aryl methyl sites for hydroxylation is 1. The fraction of sp³-hybridized carbons (Fsp3) is 0.650. The fourth-order valence-corrected chi connectivity index (χ4v) is 3.75. The Labute approximate surface area is 157 Å². The molecule has 1 saturated carbocycles. The Morgan fingerprint density at radius 2 is 1.93 bits per heavy atom. The van der Waals surface area contributed by atoms with Crippen molar-refractivity contribution in [3.05, 3.63) is 29.3 Å². The molecule has 1 heterocycles. The highest BCUT2D eigenvalue weighted by molar-refractivity contribution is 5.86. The number of alkyl halides is 3. The zero-order valence-corrected chi connectivity index (χ0v) is 15.8. The lowest BCUT2D eigenvalue weighted by atomic mass is 9.94. The number of carbonyl (C=O) groups excluding carboxylic acids is 1. The van der Waals surface area contributed by atoms with Gasteiger partial charge in [0.1, 0.15) is 5.75 Å². The van der Waals surface area contributed by atoms with Crippen LogP contribution in [0.15, 0.2) is 18.2 Å². The van der Waals surface area contributed by atoms with Crippen molar-refractivity contribution in [3.63, 3.8) is 0 Å². The average molecular weight is 385 g/mol. The quantitative estimate of drug-likeness (QED) is 0.698. The smallest absolute Gasteiger partial charge is 0.401 e. The molecule has 0 radical (unpaired) electrons. The summed E-state index contributed by atoms with van der Waals surface area (Å²) in [5, 5.41) is 0. The first kappa shape index (κ1) is 20.0. The minimum absolute atomic E-state index is 0.127. The van der Waals surface area contributed by atoms with Crippen LogP contribution >= 0.6 is 0 Å². The van der Waals surface area contributed by atoms with E-state index in [4.69, 9.17) is 9.47 Å². The van der Waals surface area contributed by atoms with Crippen LogP contribution in [0.4, 0.5) is 13.2 Å². The van der Waals surface area contributed by atoms with Crippen molar-refractivity contribution in [3.8, 4) is 5.75 Å². The number of benzene rings is 1. The monoisotopic (exact) mass is 385 g/mol. The number of piperidine rings is 1. The van der Waals surface area contributed by atoms with Crippen LogP contribution in [-0.4, -0.2) is 50.4 Å². The van der Waals surface area contributed by atoms with Crippen LogP contribution in [0, 0.1) is 12.8 Å². The first-order valence-electron chi connectivity index (χ1n) is 9.35. The summed E-state index contributed by atoms with van der Waals surface area (Å²) in [6.07, 6.45) is -1.42. The van der Waals surface area contributed by atoms with Crippen molar-refractivity contribution < 1.29 is 27.4 Å². The first-order valence-corrected chi connectivity index (χ1v) is 9.35. The molecule has 1 aliphatic heterocycles. The van der Waals surface area contributed by atoms with Gasteiger partial charge < -0.3 is 9.47 Å². The second-order valence-electron chi connectivity index (χ2n) is 7.70. The van der Waals surface area contributed by atoms with Crippen LogP contribution in [0.25, 0.3) is 0 Å². The second-order valence-corrected chi connectivity index (χ2v) is 7.70. The average Bonchev–Trinajstić information content (AvgIpc) is 3.42. The zero-order valence-electron chi connectivity index (χ0n) is 15.8. The standard InChI is InChI=1S/C20H26F3NO3/c1-14-3-4-16(11-17(14)26-2)19(7-8-19)18(25)27-12-15-5-9-24(10-6-15)13-20(21,22)23/h3-4,11,15H,5-10,12-13H2,1-2H3. The number of ether oxygens (including phenoxy) is 2. The highest BCUT2D eigenvalue weighted by Gasteiger charge is 2.53. The third-order valence-electron chi connectivity index (χ3n) is 5.66. The molecule has 0 aromatic heterocycles. The number of halogens is 3. The van der Waals surface area contributed by atoms with Crippen LogP contribution < -0.4 is 4.74 Å². The molecular formula is C20H26F3NO3. The number of rotatable bonds is 6. The Hall–Kier alpha value is -1.76. The van der Waals surface area contributed by atoms with Crippen LogP contribution in [0.5, 0.6) is 5.75 Å². The van der Waals surface area contributed by atoms with E-state index in [2.05, 4.69) is 0 Å². The topological polar surface area (TPSA) is 38.8 Å². The van der Waals surface area contributed by atoms with Crippen LogP contribution in [0.3, 0.4) is 0 Å². The van der Waals surface area contributed by atoms with Gasteiger partial charge in [-0.2, -0.15) is 13.2 Å². The maximum atomic E-state index is 12.7. The molecule has 0 N–H and O–H groups in total. The SMILES string of the molecule is COc1cc(C2(C(=O)OCC3CCN(CC(F)(F)F)CC3)CC2)ccc1C. The van der Waals surface area contributed by atoms with Gasteiger partial charge >= 0.3 is 12.1 Å². The summed E-state index contributed by atoms with van der Waals surface area (Å²) >= 11 is 0. The lowest BCUT2D eigenvalue weighted by Crippen LogP contribution is -2.41. The molecule has 0 spiro atoms. The van der Waals surface area contributed by atoms with E-state index in [-0.39, 0.29) is 18.5 Å². The Bertz CT molecular complexity index is 678. The third kappa shape index (κ3) is 4.75. The molecule has 4 nitrogen and oxygen atoms in total. The summed E-state index contributed by atoms with van der Waals surface area (Å²) in [5.41, 5.74) is 1.34. The maximum Gasteiger partial charge on any atom is 0.401 e. The van der Waals surface area contributed by atoms with E-state index in [1.54, 1.807) is 7.11 Å². The summed E-state index contributed by atoms with van der Waals surface area (Å²) in [6, 6.07) is 5.79. The van der Waals surface area contributed by atoms with Crippen molar-refractivity contribution in [2.45, 2.75) is 44.2 Å². The normalized spacial score (nSPS) is 20.3. The predicted molar refractivity (Wildman–Crippen MR) is 94.8 cm³/mol. The molecule has 0 unspecified atom stereocenters. The molecule has 7 heteroatoms. The largest absolute Gasteiger partial charge is 0.496 e. The maximum absolute atomic E-state index is 12.7. The van der Waals surface area contributed by atoms with Crippen LogP contribution in [0.1, 0.15) is 36.8 Å². The molecule has 0 amide bonds. The van der Waals surface area contributed by atoms with Crippen molar-refractivity contribution in [2.24, 2.45) is 5.92 Å². The molecule has 1 aliphatic carbocycles. The van der Waals surface area contributed by atoms with Gasteiger partial charge in [-0.25, -0.2) is 0 Å². The molecular weight excluding hydrogens is 359 g/mol. The van der Waals surface area contributed by atoms with Gasteiger partial charge in [0.05, 0.1) is 25.7 Å². The van der Waals surface area contributed by atoms with Crippen molar-refractivity contribution in [1.29, 1.82) is 0 Å². The molecule has 150 valence electrons. The molecule has 1 aromatic rings. The van der Waals surface area contributed by atoms with Crippen molar-refractivity contribution in [2.75, 3.05) is 33.4 Å². The van der Waals surface area contributed by atoms with Gasteiger partial charge in [-0.3, -0.25) is 9.69 Å². The van der Waals surface area contributed by atoms with Gasteiger partial charge in [-0.1, -0.05) is 12.1 Å². The van der Waals surface area contributed by atoms with Gasteiger partial charge in [0.25, 0.3) is 0 Å². The summed E-state index contributed by atoms with van der Waals surface area (Å²) in [5.74, 6) is 0.650. The van der Waals surface area contributed by atoms with E-state index >= 15 is 0 Å². The number of likely N-dealkylation sites (tertiary alicyclic amines) is 1. The van der Waals surface area contributed by atoms with Gasteiger partial charge in [0.2, 0.25) is 0 Å². The lowest BCUT2D eigenvalue weighted by molar-refractivity contribution is -0.152. The summed E-state index contributed by atoms with van der Waals surface area (Å²) in [7, 11) is 1.61. The molecule has 2 fully saturated rings. The second kappa shape index (κ2) is 7.70. The number of hydrogen-bond acceptors (Lipinski definition) is 4. The first-order chi connectivity index (χ1) is 12.7. The number of hydrogen-bond donors (Lipinski definition) is 0. The number of nitrogens with zero attached hydrogens (tertiary/aromatic N) is 1. The minimum Gasteiger partial charge on any atom is -0.496 e. The van der Waals surface area contributed by atoms with Crippen molar-refractivity contribution in [1.82, 2.24) is 4.90 Å². The van der Waals surface area contributed by atoms with Crippen molar-refractivity contribution >= 4 is 5.97 Å². The molecule has 0 bridgehead atoms. The minimum atomic E-state index is -4.16. The Morgan fingerprint density at radius 1 is 1.26 bits per heavy atom. The van der Waals surface area contributed by atoms with Crippen LogP contribution in [0.2, 0.25) is 0 Å². The predicted octanol–water partition coefficient (Wildman–Crippen LogP) is 3.85. The van der Waals surface area contributed by atoms with E-state index in [0.717, 1.165) is 29.7 Å². The molecule has 0 atom stereocenters. The van der Waals surface area contributed by atoms with Crippen LogP contribution in [-0.2, 0) is 14.9 Å². The van der Waals surface area contributed by atoms with Gasteiger partial charge in [-0.05, 0) is 68.8 Å². The summed E-state index contributed by atoms with van der Waals surface area (Å²) in [4.78, 5) is 14.1. The Balaban J connectivity index is 1.51. The van der Waals surface area contributed by atoms with Gasteiger partial charge in [0.15, 0.2) is 0 Å². The van der Waals surface area contributed by atoms with Gasteiger partial charge in [0, 0.05) is 0 Å².